The number of nitrogens with zero attached hydrogens (tertiary/aromatic N) is 19. The standard InChI is InChI=1S/C23H28N4O3.C21H21N5OS.C21H24N4O3.C17H19N5OS.C16H17N5OS/c1-15(2)24-17-9-10-26(13-17)18-6-8-22-25-19(12-23(28)27(22)14-18)16-5-7-20(29-3)21(11-16)30-4;1-14-23-18-11-15(3-5-19(18)28-14)17-12-21(27)26-13-16(4-6-20(26)24-17)25-9-2-7-22-8-10-25;1-23-8-10-24(11-9-23)16-5-7-20-22-17(13-21(26)25(20)14-16)15-4-6-18(27-2)19(12-15)28-3;1-11-8-21(6-5-18-11)13-3-4-15-20-14(7-16(23)22(15)9-13)17-19-12(2)10-24-17;1-11-10-23-16(18-11)13-8-15(22)21-9-12(2-3-14(21)19-13)20-6-4-17-5-7-20/h5-8,11-12,14-15,17,24H,9-10,13H2,1-4H3;3-6,11-13,22H,2,7-10H2,1H3;4-7,12-14H,8-11H2,1-3H3;3-4,7,9-11,18H,5-6,8H2,1-2H3;2-3,8-10,17H,4-7H2,1H3/t17-;;;11-;/m0..0./s1. The van der Waals surface area contributed by atoms with E-state index in [4.69, 9.17) is 28.9 Å². The Kier molecular flexibility index (Phi) is 28.3. The maximum Gasteiger partial charge on any atom is 0.258 e. The van der Waals surface area contributed by atoms with Crippen LogP contribution in [-0.2, 0) is 0 Å². The monoisotopic (exact) mass is 1850 g/mol. The maximum absolute atomic E-state index is 12.9. The third kappa shape index (κ3) is 21.4. The lowest BCUT2D eigenvalue weighted by Gasteiger charge is -2.34. The van der Waals surface area contributed by atoms with Gasteiger partial charge in [-0.2, -0.15) is 0 Å². The molecule has 32 nitrogen and oxygen atoms in total. The van der Waals surface area contributed by atoms with E-state index in [-0.39, 0.29) is 27.8 Å². The third-order valence-corrected chi connectivity index (χ3v) is 26.9. The number of methoxy groups -OCH3 is 4. The average Bonchev–Trinajstić information content (AvgIpc) is 1.55. The molecule has 0 bridgehead atoms. The van der Waals surface area contributed by atoms with Crippen molar-refractivity contribution in [2.45, 2.75) is 72.5 Å². The number of hydrogen-bond donors (Lipinski definition) is 4. The first-order valence-corrected chi connectivity index (χ1v) is 47.3. The fourth-order valence-electron chi connectivity index (χ4n) is 17.1. The third-order valence-electron chi connectivity index (χ3n) is 24.0. The van der Waals surface area contributed by atoms with Crippen molar-refractivity contribution in [2.75, 3.05) is 171 Å². The van der Waals surface area contributed by atoms with Gasteiger partial charge in [0.2, 0.25) is 0 Å². The number of rotatable bonds is 16. The molecule has 0 unspecified atom stereocenters. The molecule has 0 radical (unpaired) electrons. The van der Waals surface area contributed by atoms with Gasteiger partial charge in [0.15, 0.2) is 23.0 Å². The fraction of sp³-hybridized carbons (Fsp3) is 0.337. The first-order valence-electron chi connectivity index (χ1n) is 44.7. The molecule has 4 N–H and O–H groups in total. The SMILES string of the molecule is COc1ccc(-c2cc(=O)n3cc(N4CCN(C)CC4)ccc3n2)cc1OC.COc1ccc(-c2cc(=O)n3cc(N4CC[C@H](NC(C)C)C4)ccc3n2)cc1OC.Cc1csc(-c2cc(=O)n3cc(N4CCNCC4)ccc3n2)n1.Cc1csc(-c2cc(=O)n3cc(N4CCN[C@@H](C)C4)ccc3n2)n1.Cc1nc2cc(-c3cc(=O)n4cc(N5CCCNCC5)ccc4n3)ccc2s1. The van der Waals surface area contributed by atoms with Crippen LogP contribution >= 0.6 is 34.0 Å². The minimum absolute atomic E-state index is 0.0654. The van der Waals surface area contributed by atoms with Gasteiger partial charge in [0.05, 0.1) is 89.2 Å². The van der Waals surface area contributed by atoms with E-state index in [1.165, 1.54) is 22.7 Å². The summed E-state index contributed by atoms with van der Waals surface area (Å²) in [6.45, 7) is 28.8. The molecule has 0 aliphatic carbocycles. The minimum Gasteiger partial charge on any atom is -0.493 e. The summed E-state index contributed by atoms with van der Waals surface area (Å²) in [5.74, 6) is 2.48. The van der Waals surface area contributed by atoms with Gasteiger partial charge in [-0.15, -0.1) is 34.0 Å². The molecule has 21 rings (SSSR count). The highest BCUT2D eigenvalue weighted by Crippen LogP contribution is 2.36. The van der Waals surface area contributed by atoms with Gasteiger partial charge in [-0.25, -0.2) is 39.9 Å². The van der Waals surface area contributed by atoms with Crippen molar-refractivity contribution in [2.24, 2.45) is 0 Å². The number of nitrogens with one attached hydrogen (secondary N) is 4. The molecule has 35 heteroatoms. The van der Waals surface area contributed by atoms with Gasteiger partial charge in [-0.3, -0.25) is 46.0 Å². The molecule has 5 aliphatic rings. The molecule has 2 atom stereocenters. The lowest BCUT2D eigenvalue weighted by molar-refractivity contribution is 0.313. The highest BCUT2D eigenvalue weighted by molar-refractivity contribution is 7.18. The Balaban J connectivity index is 0.000000116. The average molecular weight is 1850 g/mol. The summed E-state index contributed by atoms with van der Waals surface area (Å²) in [6.07, 6.45) is 11.7. The Hall–Kier alpha value is -13.4. The van der Waals surface area contributed by atoms with Gasteiger partial charge in [0.25, 0.3) is 27.8 Å². The minimum atomic E-state index is -0.109. The fourth-order valence-corrected chi connectivity index (χ4v) is 19.4. The lowest BCUT2D eigenvalue weighted by Crippen LogP contribution is -2.49. The second kappa shape index (κ2) is 41.2. The summed E-state index contributed by atoms with van der Waals surface area (Å²) in [5, 5.41) is 20.3. The second-order valence-corrected chi connectivity index (χ2v) is 36.7. The molecule has 5 fully saturated rings. The van der Waals surface area contributed by atoms with Gasteiger partial charge < -0.3 is 69.6 Å². The molecule has 16 aromatic rings. The smallest absolute Gasteiger partial charge is 0.258 e. The molecule has 3 aromatic carbocycles. The van der Waals surface area contributed by atoms with E-state index in [1.54, 1.807) is 92.1 Å². The van der Waals surface area contributed by atoms with E-state index in [0.717, 1.165) is 206 Å². The highest BCUT2D eigenvalue weighted by Gasteiger charge is 2.26. The molecule has 5 saturated heterocycles. The summed E-state index contributed by atoms with van der Waals surface area (Å²) in [5.41, 5.74) is 16.6. The Morgan fingerprint density at radius 3 is 1.20 bits per heavy atom. The van der Waals surface area contributed by atoms with Gasteiger partial charge in [-0.1, -0.05) is 19.9 Å². The van der Waals surface area contributed by atoms with E-state index in [2.05, 4.69) is 121 Å². The van der Waals surface area contributed by atoms with Crippen LogP contribution in [0.15, 0.2) is 211 Å². The Morgan fingerprint density at radius 2 is 0.774 bits per heavy atom. The van der Waals surface area contributed by atoms with Crippen molar-refractivity contribution in [3.05, 3.63) is 256 Å². The van der Waals surface area contributed by atoms with Crippen molar-refractivity contribution in [3.8, 4) is 78.2 Å². The highest BCUT2D eigenvalue weighted by atomic mass is 32.1. The number of pyridine rings is 5. The summed E-state index contributed by atoms with van der Waals surface area (Å²) >= 11 is 4.69. The number of aromatic nitrogens is 13. The number of likely N-dealkylation sites (N-methyl/N-ethyl adjacent to an activating group) is 1. The zero-order valence-corrected chi connectivity index (χ0v) is 78.9. The molecule has 0 saturated carbocycles. The largest absolute Gasteiger partial charge is 0.493 e. The molecule has 133 heavy (non-hydrogen) atoms. The topological polar surface area (TPSA) is 315 Å². The number of piperazine rings is 3. The van der Waals surface area contributed by atoms with Crippen LogP contribution in [0, 0.1) is 20.8 Å². The second-order valence-electron chi connectivity index (χ2n) is 33.8. The molecule has 13 aromatic heterocycles. The number of fused-ring (bicyclic) bond motifs is 6. The summed E-state index contributed by atoms with van der Waals surface area (Å²) in [4.78, 5) is 114. The van der Waals surface area contributed by atoms with Gasteiger partial charge in [-0.05, 0) is 163 Å². The van der Waals surface area contributed by atoms with Crippen LogP contribution in [-0.4, -0.2) is 232 Å². The molecule has 0 spiro atoms. The van der Waals surface area contributed by atoms with Crippen LogP contribution < -0.4 is 92.5 Å². The molecule has 18 heterocycles. The van der Waals surface area contributed by atoms with Crippen LogP contribution in [0.5, 0.6) is 23.0 Å². The summed E-state index contributed by atoms with van der Waals surface area (Å²) < 4.78 is 30.5. The normalized spacial score (nSPS) is 16.0. The van der Waals surface area contributed by atoms with E-state index < -0.39 is 0 Å². The number of hydrogen-bond acceptors (Lipinski definition) is 30. The van der Waals surface area contributed by atoms with Crippen molar-refractivity contribution in [1.29, 1.82) is 0 Å². The number of benzene rings is 3. The maximum atomic E-state index is 12.9. The van der Waals surface area contributed by atoms with Gasteiger partial charge >= 0.3 is 0 Å². The number of ether oxygens (including phenoxy) is 4. The Morgan fingerprint density at radius 1 is 0.391 bits per heavy atom. The van der Waals surface area contributed by atoms with Crippen molar-refractivity contribution in [3.63, 3.8) is 0 Å². The van der Waals surface area contributed by atoms with Crippen LogP contribution in [0.2, 0.25) is 0 Å². The van der Waals surface area contributed by atoms with Crippen molar-refractivity contribution < 1.29 is 18.9 Å². The first-order chi connectivity index (χ1) is 64.5. The summed E-state index contributed by atoms with van der Waals surface area (Å²) in [7, 11) is 8.49. The Labute approximate surface area is 780 Å². The van der Waals surface area contributed by atoms with Crippen LogP contribution in [0.1, 0.15) is 50.0 Å². The number of aryl methyl sites for hydroxylation is 3. The van der Waals surface area contributed by atoms with Crippen molar-refractivity contribution >= 4 is 101 Å². The van der Waals surface area contributed by atoms with Crippen LogP contribution in [0.4, 0.5) is 28.4 Å². The van der Waals surface area contributed by atoms with Crippen molar-refractivity contribution in [1.82, 2.24) is 88.0 Å². The van der Waals surface area contributed by atoms with E-state index >= 15 is 0 Å². The molecule has 0 amide bonds. The predicted octanol–water partition coefficient (Wildman–Crippen LogP) is 11.6. The van der Waals surface area contributed by atoms with Crippen LogP contribution in [0.25, 0.3) is 93.6 Å². The summed E-state index contributed by atoms with van der Waals surface area (Å²) in [6, 6.07) is 46.1. The molecule has 5 aliphatic heterocycles. The molecular weight excluding hydrogens is 1740 g/mol. The van der Waals surface area contributed by atoms with Crippen LogP contribution in [0.3, 0.4) is 0 Å². The van der Waals surface area contributed by atoms with E-state index in [9.17, 15) is 24.0 Å². The first kappa shape index (κ1) is 91.5. The van der Waals surface area contributed by atoms with E-state index in [0.29, 0.717) is 97.8 Å². The van der Waals surface area contributed by atoms with Gasteiger partial charge in [0.1, 0.15) is 49.6 Å². The zero-order valence-electron chi connectivity index (χ0n) is 76.5. The predicted molar refractivity (Wildman–Crippen MR) is 532 cm³/mol. The quantitative estimate of drug-likeness (QED) is 0.0698. The van der Waals surface area contributed by atoms with Gasteiger partial charge in [0, 0.05) is 223 Å². The molecular formula is C98H109N23O9S3. The number of thiazole rings is 3. The zero-order chi connectivity index (χ0) is 92.5. The lowest BCUT2D eigenvalue weighted by atomic mass is 10.1. The molecule has 688 valence electrons. The Bertz CT molecular complexity index is 7210. The van der Waals surface area contributed by atoms with E-state index in [1.807, 2.05) is 166 Å². The number of anilines is 5.